The van der Waals surface area contributed by atoms with Crippen LogP contribution in [0, 0.1) is 17.5 Å². The highest BCUT2D eigenvalue weighted by Gasteiger charge is 2.12. The van der Waals surface area contributed by atoms with Gasteiger partial charge < -0.3 is 15.4 Å². The number of hydrogen-bond acceptors (Lipinski definition) is 2. The highest BCUT2D eigenvalue weighted by Crippen LogP contribution is 2.16. The monoisotopic (exact) mass is 479 g/mol. The lowest BCUT2D eigenvalue weighted by molar-refractivity contribution is 0.106. The fourth-order valence-electron chi connectivity index (χ4n) is 2.28. The third-order valence-corrected chi connectivity index (χ3v) is 3.66. The van der Waals surface area contributed by atoms with E-state index in [4.69, 9.17) is 4.74 Å². The van der Waals surface area contributed by atoms with Crippen LogP contribution >= 0.6 is 24.0 Å². The lowest BCUT2D eigenvalue weighted by Crippen LogP contribution is -2.39. The van der Waals surface area contributed by atoms with Gasteiger partial charge in [-0.1, -0.05) is 12.1 Å². The maximum atomic E-state index is 13.6. The van der Waals surface area contributed by atoms with E-state index in [1.165, 1.54) is 12.1 Å². The zero-order valence-electron chi connectivity index (χ0n) is 14.4. The number of hydrogen-bond donors (Lipinski definition) is 2. The van der Waals surface area contributed by atoms with Crippen LogP contribution in [-0.2, 0) is 11.3 Å². The molecular weight excluding hydrogens is 458 g/mol. The molecule has 0 radical (unpaired) electrons. The van der Waals surface area contributed by atoms with Crippen molar-refractivity contribution < 1.29 is 17.9 Å². The van der Waals surface area contributed by atoms with E-state index >= 15 is 0 Å². The first-order valence-electron chi connectivity index (χ1n) is 7.70. The van der Waals surface area contributed by atoms with Gasteiger partial charge in [-0.25, -0.2) is 13.2 Å². The molecule has 0 saturated heterocycles. The highest BCUT2D eigenvalue weighted by molar-refractivity contribution is 14.0. The number of guanidine groups is 1. The van der Waals surface area contributed by atoms with Crippen LogP contribution in [0.15, 0.2) is 47.5 Å². The Morgan fingerprint density at radius 3 is 2.31 bits per heavy atom. The number of rotatable bonds is 6. The summed E-state index contributed by atoms with van der Waals surface area (Å²) in [5.74, 6) is -0.906. The lowest BCUT2D eigenvalue weighted by atomic mass is 10.1. The zero-order valence-corrected chi connectivity index (χ0v) is 16.8. The molecule has 2 aromatic carbocycles. The average Bonchev–Trinajstić information content (AvgIpc) is 2.62. The molecular formula is C18H21F3IN3O. The van der Waals surface area contributed by atoms with E-state index in [-0.39, 0.29) is 48.0 Å². The minimum absolute atomic E-state index is 0. The van der Waals surface area contributed by atoms with Gasteiger partial charge in [-0.15, -0.1) is 24.0 Å². The Hall–Kier alpha value is -1.81. The summed E-state index contributed by atoms with van der Waals surface area (Å²) in [6.45, 7) is 0.449. The molecule has 0 saturated carbocycles. The van der Waals surface area contributed by atoms with Gasteiger partial charge in [-0.05, 0) is 35.9 Å². The molecule has 0 fully saturated rings. The largest absolute Gasteiger partial charge is 0.375 e. The summed E-state index contributed by atoms with van der Waals surface area (Å²) in [6.07, 6.45) is -0.315. The van der Waals surface area contributed by atoms with Gasteiger partial charge in [-0.2, -0.15) is 0 Å². The van der Waals surface area contributed by atoms with Crippen LogP contribution in [0.5, 0.6) is 0 Å². The van der Waals surface area contributed by atoms with Gasteiger partial charge in [0.05, 0.1) is 6.10 Å². The van der Waals surface area contributed by atoms with Crippen molar-refractivity contribution in [3.05, 3.63) is 71.0 Å². The third-order valence-electron chi connectivity index (χ3n) is 3.66. The third kappa shape index (κ3) is 6.49. The van der Waals surface area contributed by atoms with Crippen LogP contribution in [0.25, 0.3) is 0 Å². The van der Waals surface area contributed by atoms with Crippen molar-refractivity contribution in [2.24, 2.45) is 4.99 Å². The predicted molar refractivity (Wildman–Crippen MR) is 106 cm³/mol. The Bertz CT molecular complexity index is 726. The molecule has 0 amide bonds. The van der Waals surface area contributed by atoms with Crippen LogP contribution in [-0.4, -0.2) is 26.7 Å². The Balaban J connectivity index is 0.00000338. The van der Waals surface area contributed by atoms with Gasteiger partial charge >= 0.3 is 0 Å². The molecule has 8 heteroatoms. The molecule has 0 heterocycles. The van der Waals surface area contributed by atoms with E-state index in [2.05, 4.69) is 15.6 Å². The van der Waals surface area contributed by atoms with E-state index in [1.807, 2.05) is 0 Å². The van der Waals surface area contributed by atoms with E-state index in [9.17, 15) is 13.2 Å². The molecule has 1 atom stereocenters. The number of halogens is 4. The zero-order chi connectivity index (χ0) is 18.2. The normalized spacial score (nSPS) is 12.3. The van der Waals surface area contributed by atoms with Gasteiger partial charge in [0.15, 0.2) is 5.96 Å². The number of ether oxygens (including phenoxy) is 1. The van der Waals surface area contributed by atoms with Crippen LogP contribution in [0.3, 0.4) is 0 Å². The van der Waals surface area contributed by atoms with E-state index in [1.54, 1.807) is 26.3 Å². The standard InChI is InChI=1S/C18H20F3N3O.HI/c1-22-18(23-10-13-9-15(20)7-8-16(13)21)24-11-17(25-2)12-3-5-14(19)6-4-12;/h3-9,17H,10-11H2,1-2H3,(H2,22,23,24);1H. The van der Waals surface area contributed by atoms with Crippen LogP contribution in [0.1, 0.15) is 17.2 Å². The van der Waals surface area contributed by atoms with Crippen molar-refractivity contribution in [1.82, 2.24) is 10.6 Å². The lowest BCUT2D eigenvalue weighted by Gasteiger charge is -2.19. The molecule has 2 N–H and O–H groups in total. The van der Waals surface area contributed by atoms with Crippen molar-refractivity contribution >= 4 is 29.9 Å². The van der Waals surface area contributed by atoms with Gasteiger partial charge in [0.1, 0.15) is 17.5 Å². The molecule has 2 rings (SSSR count). The molecule has 4 nitrogen and oxygen atoms in total. The topological polar surface area (TPSA) is 45.7 Å². The molecule has 142 valence electrons. The van der Waals surface area contributed by atoms with Crippen LogP contribution in [0.2, 0.25) is 0 Å². The quantitative estimate of drug-likeness (QED) is 0.377. The molecule has 0 aliphatic carbocycles. The molecule has 0 aliphatic rings. The first-order chi connectivity index (χ1) is 12.0. The van der Waals surface area contributed by atoms with Crippen molar-refractivity contribution in [2.75, 3.05) is 20.7 Å². The summed E-state index contributed by atoms with van der Waals surface area (Å²) in [6, 6.07) is 9.29. The SMILES string of the molecule is CN=C(NCc1cc(F)ccc1F)NCC(OC)c1ccc(F)cc1.I. The van der Waals surface area contributed by atoms with Gasteiger partial charge in [0, 0.05) is 32.8 Å². The Morgan fingerprint density at radius 1 is 1.04 bits per heavy atom. The van der Waals surface area contributed by atoms with Crippen molar-refractivity contribution in [1.29, 1.82) is 0 Å². The first kappa shape index (κ1) is 22.2. The summed E-state index contributed by atoms with van der Waals surface area (Å²) < 4.78 is 45.2. The summed E-state index contributed by atoms with van der Waals surface area (Å²) in [7, 11) is 3.12. The average molecular weight is 479 g/mol. The highest BCUT2D eigenvalue weighted by atomic mass is 127. The van der Waals surface area contributed by atoms with E-state index in [0.29, 0.717) is 12.5 Å². The van der Waals surface area contributed by atoms with Gasteiger partial charge in [0.25, 0.3) is 0 Å². The molecule has 0 bridgehead atoms. The number of aliphatic imine (C=N–C) groups is 1. The molecule has 0 aliphatic heterocycles. The molecule has 2 aromatic rings. The summed E-state index contributed by atoms with van der Waals surface area (Å²) in [4.78, 5) is 4.03. The van der Waals surface area contributed by atoms with Crippen molar-refractivity contribution in [3.8, 4) is 0 Å². The smallest absolute Gasteiger partial charge is 0.191 e. The fraction of sp³-hybridized carbons (Fsp3) is 0.278. The molecule has 1 unspecified atom stereocenters. The fourth-order valence-corrected chi connectivity index (χ4v) is 2.28. The maximum Gasteiger partial charge on any atom is 0.191 e. The van der Waals surface area contributed by atoms with E-state index in [0.717, 1.165) is 23.8 Å². The van der Waals surface area contributed by atoms with Gasteiger partial charge in [-0.3, -0.25) is 4.99 Å². The van der Waals surface area contributed by atoms with Crippen molar-refractivity contribution in [2.45, 2.75) is 12.6 Å². The minimum atomic E-state index is -0.503. The van der Waals surface area contributed by atoms with E-state index < -0.39 is 11.6 Å². The second-order valence-electron chi connectivity index (χ2n) is 5.32. The Labute approximate surface area is 167 Å². The van der Waals surface area contributed by atoms with Crippen molar-refractivity contribution in [3.63, 3.8) is 0 Å². The Kier molecular flexibility index (Phi) is 9.42. The number of nitrogens with zero attached hydrogens (tertiary/aromatic N) is 1. The second-order valence-corrected chi connectivity index (χ2v) is 5.32. The summed E-state index contributed by atoms with van der Waals surface area (Å²) >= 11 is 0. The molecule has 0 aromatic heterocycles. The summed E-state index contributed by atoms with van der Waals surface area (Å²) in [5, 5.41) is 5.95. The number of nitrogens with one attached hydrogen (secondary N) is 2. The molecule has 26 heavy (non-hydrogen) atoms. The first-order valence-corrected chi connectivity index (χ1v) is 7.70. The second kappa shape index (κ2) is 11.0. The number of benzene rings is 2. The minimum Gasteiger partial charge on any atom is -0.375 e. The van der Waals surface area contributed by atoms with Gasteiger partial charge in [0.2, 0.25) is 0 Å². The Morgan fingerprint density at radius 2 is 1.69 bits per heavy atom. The molecule has 0 spiro atoms. The number of methoxy groups -OCH3 is 1. The maximum absolute atomic E-state index is 13.6. The predicted octanol–water partition coefficient (Wildman–Crippen LogP) is 3.77. The van der Waals surface area contributed by atoms with Crippen LogP contribution < -0.4 is 10.6 Å². The summed E-state index contributed by atoms with van der Waals surface area (Å²) in [5.41, 5.74) is 1.01. The van der Waals surface area contributed by atoms with Crippen LogP contribution in [0.4, 0.5) is 13.2 Å².